The molecule has 1 fully saturated rings. The highest BCUT2D eigenvalue weighted by molar-refractivity contribution is 5.14. The summed E-state index contributed by atoms with van der Waals surface area (Å²) in [4.78, 5) is 2.17. The summed E-state index contributed by atoms with van der Waals surface area (Å²) >= 11 is 0. The Morgan fingerprint density at radius 2 is 2.00 bits per heavy atom. The predicted molar refractivity (Wildman–Crippen MR) is 58.4 cm³/mol. The van der Waals surface area contributed by atoms with Gasteiger partial charge in [-0.1, -0.05) is 30.3 Å². The van der Waals surface area contributed by atoms with Gasteiger partial charge in [0.25, 0.3) is 0 Å². The van der Waals surface area contributed by atoms with Crippen molar-refractivity contribution >= 4 is 0 Å². The number of β-amino-alcohol motifs (C(OH)–C–C–N with tert-alkyl or cyclic N) is 1. The van der Waals surface area contributed by atoms with E-state index in [1.165, 1.54) is 5.56 Å². The summed E-state index contributed by atoms with van der Waals surface area (Å²) < 4.78 is 0. The Morgan fingerprint density at radius 1 is 1.27 bits per heavy atom. The lowest BCUT2D eigenvalue weighted by Crippen LogP contribution is -2.36. The Labute approximate surface area is 90.0 Å². The SMILES string of the molecule is OC[C@]1(O)CCN(Cc2ccccc2)C1. The zero-order valence-corrected chi connectivity index (χ0v) is 8.76. The summed E-state index contributed by atoms with van der Waals surface area (Å²) in [5.41, 5.74) is 0.370. The summed E-state index contributed by atoms with van der Waals surface area (Å²) in [7, 11) is 0. The molecule has 0 unspecified atom stereocenters. The molecule has 1 aromatic carbocycles. The minimum Gasteiger partial charge on any atom is -0.393 e. The van der Waals surface area contributed by atoms with E-state index in [0.717, 1.165) is 13.1 Å². The van der Waals surface area contributed by atoms with E-state index in [-0.39, 0.29) is 6.61 Å². The van der Waals surface area contributed by atoms with E-state index in [4.69, 9.17) is 5.11 Å². The van der Waals surface area contributed by atoms with Crippen LogP contribution in [0, 0.1) is 0 Å². The number of likely N-dealkylation sites (tertiary alicyclic amines) is 1. The fourth-order valence-electron chi connectivity index (χ4n) is 2.05. The van der Waals surface area contributed by atoms with Crippen LogP contribution in [-0.2, 0) is 6.54 Å². The van der Waals surface area contributed by atoms with E-state index in [1.807, 2.05) is 18.2 Å². The maximum absolute atomic E-state index is 9.86. The number of benzene rings is 1. The lowest BCUT2D eigenvalue weighted by atomic mass is 10.1. The van der Waals surface area contributed by atoms with Gasteiger partial charge >= 0.3 is 0 Å². The molecule has 0 aromatic heterocycles. The number of aliphatic hydroxyl groups is 2. The number of hydrogen-bond donors (Lipinski definition) is 2. The van der Waals surface area contributed by atoms with Crippen LogP contribution in [0.25, 0.3) is 0 Å². The van der Waals surface area contributed by atoms with Gasteiger partial charge in [-0.3, -0.25) is 4.90 Å². The van der Waals surface area contributed by atoms with Gasteiger partial charge in [0.15, 0.2) is 0 Å². The number of rotatable bonds is 3. The second-order valence-corrected chi connectivity index (χ2v) is 4.33. The first-order valence-corrected chi connectivity index (χ1v) is 5.31. The normalized spacial score (nSPS) is 27.1. The molecule has 0 radical (unpaired) electrons. The first kappa shape index (κ1) is 10.6. The fourth-order valence-corrected chi connectivity index (χ4v) is 2.05. The maximum Gasteiger partial charge on any atom is 0.102 e. The highest BCUT2D eigenvalue weighted by Crippen LogP contribution is 2.22. The molecule has 1 aliphatic heterocycles. The topological polar surface area (TPSA) is 43.7 Å². The van der Waals surface area contributed by atoms with Crippen LogP contribution in [0.15, 0.2) is 30.3 Å². The molecule has 2 rings (SSSR count). The van der Waals surface area contributed by atoms with Gasteiger partial charge in [0.05, 0.1) is 6.61 Å². The van der Waals surface area contributed by atoms with Gasteiger partial charge in [-0.05, 0) is 12.0 Å². The van der Waals surface area contributed by atoms with Gasteiger partial charge in [-0.15, -0.1) is 0 Å². The number of hydrogen-bond acceptors (Lipinski definition) is 3. The molecule has 0 spiro atoms. The second kappa shape index (κ2) is 4.31. The Balaban J connectivity index is 1.93. The summed E-state index contributed by atoms with van der Waals surface area (Å²) in [5, 5.41) is 18.9. The minimum absolute atomic E-state index is 0.141. The van der Waals surface area contributed by atoms with E-state index in [0.29, 0.717) is 13.0 Å². The second-order valence-electron chi connectivity index (χ2n) is 4.33. The van der Waals surface area contributed by atoms with Gasteiger partial charge in [-0.25, -0.2) is 0 Å². The first-order chi connectivity index (χ1) is 7.22. The molecule has 2 N–H and O–H groups in total. The largest absolute Gasteiger partial charge is 0.393 e. The zero-order valence-electron chi connectivity index (χ0n) is 8.76. The molecule has 0 aliphatic carbocycles. The smallest absolute Gasteiger partial charge is 0.102 e. The molecule has 3 nitrogen and oxygen atoms in total. The van der Waals surface area contributed by atoms with E-state index in [2.05, 4.69) is 17.0 Å². The van der Waals surface area contributed by atoms with Crippen molar-refractivity contribution in [2.75, 3.05) is 19.7 Å². The third-order valence-electron chi connectivity index (χ3n) is 2.95. The predicted octanol–water partition coefficient (Wildman–Crippen LogP) is 0.616. The van der Waals surface area contributed by atoms with Crippen LogP contribution in [0.3, 0.4) is 0 Å². The molecule has 0 amide bonds. The molecule has 1 saturated heterocycles. The van der Waals surface area contributed by atoms with Crippen molar-refractivity contribution in [3.63, 3.8) is 0 Å². The monoisotopic (exact) mass is 207 g/mol. The Hall–Kier alpha value is -0.900. The lowest BCUT2D eigenvalue weighted by Gasteiger charge is -2.20. The van der Waals surface area contributed by atoms with Crippen molar-refractivity contribution < 1.29 is 10.2 Å². The Kier molecular flexibility index (Phi) is 3.05. The van der Waals surface area contributed by atoms with E-state index < -0.39 is 5.60 Å². The molecule has 1 aliphatic rings. The fraction of sp³-hybridized carbons (Fsp3) is 0.500. The van der Waals surface area contributed by atoms with Crippen LogP contribution < -0.4 is 0 Å². The minimum atomic E-state index is -0.880. The van der Waals surface area contributed by atoms with Crippen LogP contribution >= 0.6 is 0 Å². The molecule has 1 aromatic rings. The highest BCUT2D eigenvalue weighted by Gasteiger charge is 2.34. The van der Waals surface area contributed by atoms with Crippen LogP contribution in [0.5, 0.6) is 0 Å². The standard InChI is InChI=1S/C12H17NO2/c14-10-12(15)6-7-13(9-12)8-11-4-2-1-3-5-11/h1-5,14-15H,6-10H2/t12-/m0/s1. The van der Waals surface area contributed by atoms with Gasteiger partial charge in [-0.2, -0.15) is 0 Å². The lowest BCUT2D eigenvalue weighted by molar-refractivity contribution is -0.00580. The Morgan fingerprint density at radius 3 is 2.60 bits per heavy atom. The average Bonchev–Trinajstić information content (AvgIpc) is 2.63. The van der Waals surface area contributed by atoms with Crippen LogP contribution in [-0.4, -0.2) is 40.4 Å². The summed E-state index contributed by atoms with van der Waals surface area (Å²) in [6.45, 7) is 2.13. The highest BCUT2D eigenvalue weighted by atomic mass is 16.3. The molecule has 3 heteroatoms. The molecule has 82 valence electrons. The van der Waals surface area contributed by atoms with E-state index >= 15 is 0 Å². The molecule has 1 atom stereocenters. The van der Waals surface area contributed by atoms with Gasteiger partial charge in [0, 0.05) is 19.6 Å². The maximum atomic E-state index is 9.86. The third-order valence-corrected chi connectivity index (χ3v) is 2.95. The van der Waals surface area contributed by atoms with Gasteiger partial charge in [0.1, 0.15) is 5.60 Å². The molecule has 15 heavy (non-hydrogen) atoms. The van der Waals surface area contributed by atoms with Crippen molar-refractivity contribution in [1.29, 1.82) is 0 Å². The molecule has 0 saturated carbocycles. The van der Waals surface area contributed by atoms with Crippen LogP contribution in [0.2, 0.25) is 0 Å². The van der Waals surface area contributed by atoms with Crippen molar-refractivity contribution in [2.24, 2.45) is 0 Å². The summed E-state index contributed by atoms with van der Waals surface area (Å²) in [6, 6.07) is 10.2. The molecular weight excluding hydrogens is 190 g/mol. The zero-order chi connectivity index (χ0) is 10.7. The van der Waals surface area contributed by atoms with Crippen molar-refractivity contribution in [1.82, 2.24) is 4.90 Å². The molecule has 1 heterocycles. The number of aliphatic hydroxyl groups excluding tert-OH is 1. The summed E-state index contributed by atoms with van der Waals surface area (Å²) in [6.07, 6.45) is 0.663. The van der Waals surface area contributed by atoms with Gasteiger partial charge < -0.3 is 10.2 Å². The van der Waals surface area contributed by atoms with E-state index in [9.17, 15) is 5.11 Å². The van der Waals surface area contributed by atoms with Gasteiger partial charge in [0.2, 0.25) is 0 Å². The third kappa shape index (κ3) is 2.56. The van der Waals surface area contributed by atoms with Crippen LogP contribution in [0.4, 0.5) is 0 Å². The number of nitrogens with zero attached hydrogens (tertiary/aromatic N) is 1. The first-order valence-electron chi connectivity index (χ1n) is 5.31. The van der Waals surface area contributed by atoms with E-state index in [1.54, 1.807) is 0 Å². The summed E-state index contributed by atoms with van der Waals surface area (Å²) in [5.74, 6) is 0. The molecular formula is C12H17NO2. The Bertz CT molecular complexity index is 315. The van der Waals surface area contributed by atoms with Crippen molar-refractivity contribution in [2.45, 2.75) is 18.6 Å². The average molecular weight is 207 g/mol. The van der Waals surface area contributed by atoms with Crippen LogP contribution in [0.1, 0.15) is 12.0 Å². The quantitative estimate of drug-likeness (QED) is 0.763. The van der Waals surface area contributed by atoms with Crippen molar-refractivity contribution in [3.8, 4) is 0 Å². The van der Waals surface area contributed by atoms with Crippen molar-refractivity contribution in [3.05, 3.63) is 35.9 Å². The molecule has 0 bridgehead atoms.